The average molecular weight is 380 g/mol. The zero-order valence-electron chi connectivity index (χ0n) is 15.4. The topological polar surface area (TPSA) is 105 Å². The second-order valence-electron chi connectivity index (χ2n) is 6.37. The third kappa shape index (κ3) is 5.12. The number of rotatable bonds is 8. The van der Waals surface area contributed by atoms with Gasteiger partial charge >= 0.3 is 0 Å². The number of aromatic nitrogens is 2. The van der Waals surface area contributed by atoms with Gasteiger partial charge in [0, 0.05) is 25.6 Å². The van der Waals surface area contributed by atoms with Crippen LogP contribution in [0.15, 0.2) is 33.6 Å². The van der Waals surface area contributed by atoms with Gasteiger partial charge in [-0.05, 0) is 24.1 Å². The number of aryl methyl sites for hydroxylation is 1. The van der Waals surface area contributed by atoms with E-state index in [9.17, 15) is 13.2 Å². The predicted molar refractivity (Wildman–Crippen MR) is 95.9 cm³/mol. The molecule has 0 saturated carbocycles. The van der Waals surface area contributed by atoms with Crippen LogP contribution in [0.3, 0.4) is 0 Å². The summed E-state index contributed by atoms with van der Waals surface area (Å²) < 4.78 is 32.6. The first-order valence-corrected chi connectivity index (χ1v) is 9.87. The summed E-state index contributed by atoms with van der Waals surface area (Å²) in [7, 11) is -2.11. The van der Waals surface area contributed by atoms with E-state index in [2.05, 4.69) is 14.9 Å². The first kappa shape index (κ1) is 20.1. The van der Waals surface area contributed by atoms with Crippen molar-refractivity contribution in [3.8, 4) is 0 Å². The summed E-state index contributed by atoms with van der Waals surface area (Å²) in [5, 5.41) is 7.56. The molecule has 0 aliphatic rings. The van der Waals surface area contributed by atoms with Crippen LogP contribution in [-0.4, -0.2) is 43.0 Å². The summed E-state index contributed by atoms with van der Waals surface area (Å²) in [6, 6.07) is 5.95. The number of nitrogens with one attached hydrogen (secondary N) is 1. The highest BCUT2D eigenvalue weighted by atomic mass is 32.2. The van der Waals surface area contributed by atoms with Crippen molar-refractivity contribution >= 4 is 15.9 Å². The van der Waals surface area contributed by atoms with Crippen LogP contribution in [0.5, 0.6) is 0 Å². The van der Waals surface area contributed by atoms with E-state index in [1.807, 2.05) is 20.8 Å². The Kier molecular flexibility index (Phi) is 6.49. The standard InChI is InChI=1S/C17H24N4O4S/c1-5-15-19-20-16(25-15)10-18-26(23,24)14-8-6-7-13(9-14)17(22)21(4)11-12(2)3/h6-9,12,18H,5,10-11H2,1-4H3. The summed E-state index contributed by atoms with van der Waals surface area (Å²) in [6.45, 7) is 6.36. The molecule has 1 amide bonds. The molecule has 2 aromatic rings. The number of nitrogens with zero attached hydrogens (tertiary/aromatic N) is 3. The predicted octanol–water partition coefficient (Wildman–Crippen LogP) is 1.84. The van der Waals surface area contributed by atoms with Crippen molar-refractivity contribution < 1.29 is 17.6 Å². The third-order valence-electron chi connectivity index (χ3n) is 3.60. The number of sulfonamides is 1. The van der Waals surface area contributed by atoms with Gasteiger partial charge in [0.25, 0.3) is 5.91 Å². The molecule has 0 saturated heterocycles. The van der Waals surface area contributed by atoms with Crippen LogP contribution in [0.4, 0.5) is 0 Å². The molecule has 0 aliphatic carbocycles. The molecule has 0 spiro atoms. The summed E-state index contributed by atoms with van der Waals surface area (Å²) in [5.41, 5.74) is 0.321. The third-order valence-corrected chi connectivity index (χ3v) is 5.00. The van der Waals surface area contributed by atoms with E-state index in [1.54, 1.807) is 24.1 Å². The molecule has 0 radical (unpaired) electrons. The maximum Gasteiger partial charge on any atom is 0.253 e. The lowest BCUT2D eigenvalue weighted by Crippen LogP contribution is -2.30. The van der Waals surface area contributed by atoms with Crippen molar-refractivity contribution in [2.45, 2.75) is 38.6 Å². The Bertz CT molecular complexity index is 861. The highest BCUT2D eigenvalue weighted by molar-refractivity contribution is 7.89. The van der Waals surface area contributed by atoms with Crippen LogP contribution < -0.4 is 4.72 Å². The van der Waals surface area contributed by atoms with Crippen LogP contribution in [-0.2, 0) is 23.0 Å². The van der Waals surface area contributed by atoms with Crippen molar-refractivity contribution in [2.24, 2.45) is 5.92 Å². The van der Waals surface area contributed by atoms with Gasteiger partial charge in [0.05, 0.1) is 11.4 Å². The van der Waals surface area contributed by atoms with E-state index >= 15 is 0 Å². The van der Waals surface area contributed by atoms with Crippen molar-refractivity contribution in [1.29, 1.82) is 0 Å². The van der Waals surface area contributed by atoms with E-state index in [1.165, 1.54) is 12.1 Å². The molecule has 1 aromatic heterocycles. The Morgan fingerprint density at radius 3 is 2.58 bits per heavy atom. The molecule has 8 nitrogen and oxygen atoms in total. The molecule has 9 heteroatoms. The van der Waals surface area contributed by atoms with E-state index < -0.39 is 10.0 Å². The Morgan fingerprint density at radius 1 is 1.27 bits per heavy atom. The van der Waals surface area contributed by atoms with Gasteiger partial charge < -0.3 is 9.32 Å². The fourth-order valence-corrected chi connectivity index (χ4v) is 3.41. The minimum Gasteiger partial charge on any atom is -0.424 e. The summed E-state index contributed by atoms with van der Waals surface area (Å²) in [4.78, 5) is 14.0. The zero-order valence-corrected chi connectivity index (χ0v) is 16.2. The largest absolute Gasteiger partial charge is 0.424 e. The molecule has 0 fully saturated rings. The van der Waals surface area contributed by atoms with Crippen LogP contribution in [0, 0.1) is 5.92 Å². The van der Waals surface area contributed by atoms with Crippen molar-refractivity contribution in [3.05, 3.63) is 41.6 Å². The molecule has 142 valence electrons. The molecule has 0 aliphatic heterocycles. The zero-order chi connectivity index (χ0) is 19.3. The Labute approximate surface area is 153 Å². The van der Waals surface area contributed by atoms with Gasteiger partial charge in [-0.15, -0.1) is 10.2 Å². The van der Waals surface area contributed by atoms with E-state index in [-0.39, 0.29) is 23.2 Å². The highest BCUT2D eigenvalue weighted by Gasteiger charge is 2.19. The minimum atomic E-state index is -3.81. The lowest BCUT2D eigenvalue weighted by molar-refractivity contribution is 0.0779. The lowest BCUT2D eigenvalue weighted by atomic mass is 10.1. The van der Waals surface area contributed by atoms with Crippen molar-refractivity contribution in [3.63, 3.8) is 0 Å². The van der Waals surface area contributed by atoms with Crippen LogP contribution in [0.25, 0.3) is 0 Å². The molecular weight excluding hydrogens is 356 g/mol. The van der Waals surface area contributed by atoms with Gasteiger partial charge in [0.15, 0.2) is 0 Å². The smallest absolute Gasteiger partial charge is 0.253 e. The molecule has 0 bridgehead atoms. The van der Waals surface area contributed by atoms with Crippen molar-refractivity contribution in [2.75, 3.05) is 13.6 Å². The van der Waals surface area contributed by atoms with E-state index in [4.69, 9.17) is 4.42 Å². The molecule has 26 heavy (non-hydrogen) atoms. The normalized spacial score (nSPS) is 11.7. The number of carbonyl (C=O) groups is 1. The molecule has 2 rings (SSSR count). The van der Waals surface area contributed by atoms with E-state index in [0.29, 0.717) is 30.3 Å². The minimum absolute atomic E-state index is 0.0107. The molecular formula is C17H24N4O4S. The molecule has 0 unspecified atom stereocenters. The van der Waals surface area contributed by atoms with Gasteiger partial charge in [0.1, 0.15) is 0 Å². The van der Waals surface area contributed by atoms with Gasteiger partial charge in [-0.25, -0.2) is 13.1 Å². The van der Waals surface area contributed by atoms with Gasteiger partial charge in [-0.3, -0.25) is 4.79 Å². The van der Waals surface area contributed by atoms with Crippen molar-refractivity contribution in [1.82, 2.24) is 19.8 Å². The number of carbonyl (C=O) groups excluding carboxylic acids is 1. The number of amides is 1. The first-order chi connectivity index (χ1) is 12.2. The summed E-state index contributed by atoms with van der Waals surface area (Å²) in [5.74, 6) is 0.731. The van der Waals surface area contributed by atoms with Gasteiger partial charge in [0.2, 0.25) is 21.8 Å². The van der Waals surface area contributed by atoms with Gasteiger partial charge in [-0.2, -0.15) is 0 Å². The van der Waals surface area contributed by atoms with Gasteiger partial charge in [-0.1, -0.05) is 26.8 Å². The molecule has 1 N–H and O–H groups in total. The summed E-state index contributed by atoms with van der Waals surface area (Å²) in [6.07, 6.45) is 0.577. The molecule has 1 heterocycles. The van der Waals surface area contributed by atoms with Crippen LogP contribution in [0.1, 0.15) is 42.9 Å². The van der Waals surface area contributed by atoms with Crippen LogP contribution in [0.2, 0.25) is 0 Å². The second kappa shape index (κ2) is 8.41. The number of benzene rings is 1. The second-order valence-corrected chi connectivity index (χ2v) is 8.14. The maximum atomic E-state index is 12.5. The quantitative estimate of drug-likeness (QED) is 0.749. The molecule has 0 atom stereocenters. The number of hydrogen-bond acceptors (Lipinski definition) is 6. The fourth-order valence-electron chi connectivity index (χ4n) is 2.39. The lowest BCUT2D eigenvalue weighted by Gasteiger charge is -2.19. The summed E-state index contributed by atoms with van der Waals surface area (Å²) >= 11 is 0. The van der Waals surface area contributed by atoms with Crippen LogP contribution >= 0.6 is 0 Å². The van der Waals surface area contributed by atoms with E-state index in [0.717, 1.165) is 0 Å². The Balaban J connectivity index is 2.13. The molecule has 1 aromatic carbocycles. The first-order valence-electron chi connectivity index (χ1n) is 8.39. The maximum absolute atomic E-state index is 12.5. The monoisotopic (exact) mass is 380 g/mol. The fraction of sp³-hybridized carbons (Fsp3) is 0.471. The number of hydrogen-bond donors (Lipinski definition) is 1. The highest BCUT2D eigenvalue weighted by Crippen LogP contribution is 2.14. The average Bonchev–Trinajstić information content (AvgIpc) is 3.07. The Morgan fingerprint density at radius 2 is 1.96 bits per heavy atom. The SMILES string of the molecule is CCc1nnc(CNS(=O)(=O)c2cccc(C(=O)N(C)CC(C)C)c2)o1. The Hall–Kier alpha value is -2.26.